The van der Waals surface area contributed by atoms with Crippen LogP contribution in [0.1, 0.15) is 23.0 Å². The molecule has 0 saturated carbocycles. The Morgan fingerprint density at radius 2 is 2.31 bits per heavy atom. The SMILES string of the molecule is CCc1ccc(C(=O)O)nc1NC. The van der Waals surface area contributed by atoms with Crippen LogP contribution in [0.5, 0.6) is 0 Å². The number of aromatic carboxylic acids is 1. The molecule has 0 fully saturated rings. The number of hydrogen-bond donors (Lipinski definition) is 2. The minimum Gasteiger partial charge on any atom is -0.477 e. The first-order valence-corrected chi connectivity index (χ1v) is 4.10. The third kappa shape index (κ3) is 1.96. The molecule has 0 aliphatic rings. The predicted molar refractivity (Wildman–Crippen MR) is 50.1 cm³/mol. The van der Waals surface area contributed by atoms with E-state index in [2.05, 4.69) is 10.3 Å². The van der Waals surface area contributed by atoms with Gasteiger partial charge in [0.15, 0.2) is 5.69 Å². The summed E-state index contributed by atoms with van der Waals surface area (Å²) in [5.74, 6) is -0.360. The van der Waals surface area contributed by atoms with Crippen LogP contribution in [-0.4, -0.2) is 23.1 Å². The molecule has 1 aromatic rings. The summed E-state index contributed by atoms with van der Waals surface area (Å²) in [7, 11) is 1.73. The minimum absolute atomic E-state index is 0.0709. The highest BCUT2D eigenvalue weighted by molar-refractivity contribution is 5.85. The van der Waals surface area contributed by atoms with Crippen molar-refractivity contribution in [2.24, 2.45) is 0 Å². The van der Waals surface area contributed by atoms with Crippen molar-refractivity contribution in [3.8, 4) is 0 Å². The van der Waals surface area contributed by atoms with Gasteiger partial charge in [-0.25, -0.2) is 9.78 Å². The monoisotopic (exact) mass is 180 g/mol. The Morgan fingerprint density at radius 1 is 1.62 bits per heavy atom. The van der Waals surface area contributed by atoms with E-state index < -0.39 is 5.97 Å². The van der Waals surface area contributed by atoms with E-state index in [0.29, 0.717) is 5.82 Å². The van der Waals surface area contributed by atoms with Crippen molar-refractivity contribution in [2.75, 3.05) is 12.4 Å². The molecule has 0 bridgehead atoms. The highest BCUT2D eigenvalue weighted by atomic mass is 16.4. The molecule has 1 heterocycles. The van der Waals surface area contributed by atoms with Crippen LogP contribution in [0.3, 0.4) is 0 Å². The Hall–Kier alpha value is -1.58. The molecular weight excluding hydrogens is 168 g/mol. The van der Waals surface area contributed by atoms with Crippen LogP contribution in [-0.2, 0) is 6.42 Å². The van der Waals surface area contributed by atoms with Crippen molar-refractivity contribution in [3.63, 3.8) is 0 Å². The lowest BCUT2D eigenvalue weighted by Gasteiger charge is -2.06. The molecule has 1 rings (SSSR count). The summed E-state index contributed by atoms with van der Waals surface area (Å²) in [6, 6.07) is 3.30. The fourth-order valence-corrected chi connectivity index (χ4v) is 1.11. The number of carbonyl (C=O) groups is 1. The van der Waals surface area contributed by atoms with E-state index in [0.717, 1.165) is 12.0 Å². The van der Waals surface area contributed by atoms with Crippen LogP contribution >= 0.6 is 0 Å². The Labute approximate surface area is 76.6 Å². The number of aromatic nitrogens is 1. The topological polar surface area (TPSA) is 62.2 Å². The van der Waals surface area contributed by atoms with Gasteiger partial charge in [0, 0.05) is 7.05 Å². The number of nitrogens with zero attached hydrogens (tertiary/aromatic N) is 1. The molecule has 0 aliphatic heterocycles. The van der Waals surface area contributed by atoms with Gasteiger partial charge in [0.25, 0.3) is 0 Å². The molecule has 0 unspecified atom stereocenters. The van der Waals surface area contributed by atoms with Gasteiger partial charge in [-0.2, -0.15) is 0 Å². The first-order valence-electron chi connectivity index (χ1n) is 4.10. The maximum Gasteiger partial charge on any atom is 0.354 e. The fourth-order valence-electron chi connectivity index (χ4n) is 1.11. The van der Waals surface area contributed by atoms with Gasteiger partial charge in [-0.15, -0.1) is 0 Å². The summed E-state index contributed by atoms with van der Waals surface area (Å²) in [6.07, 6.45) is 0.836. The quantitative estimate of drug-likeness (QED) is 0.737. The molecule has 0 radical (unpaired) electrons. The van der Waals surface area contributed by atoms with Gasteiger partial charge in [-0.05, 0) is 18.1 Å². The number of rotatable bonds is 3. The molecular formula is C9H12N2O2. The van der Waals surface area contributed by atoms with Crippen LogP contribution in [0.4, 0.5) is 5.82 Å². The zero-order valence-corrected chi connectivity index (χ0v) is 7.66. The Bertz CT molecular complexity index is 323. The second kappa shape index (κ2) is 3.89. The molecule has 70 valence electrons. The number of anilines is 1. The summed E-state index contributed by atoms with van der Waals surface area (Å²) in [4.78, 5) is 14.5. The van der Waals surface area contributed by atoms with E-state index in [1.54, 1.807) is 13.1 Å². The average molecular weight is 180 g/mol. The van der Waals surface area contributed by atoms with Crippen LogP contribution in [0, 0.1) is 0 Å². The Kier molecular flexibility index (Phi) is 2.84. The zero-order valence-electron chi connectivity index (χ0n) is 7.66. The molecule has 4 heteroatoms. The second-order valence-corrected chi connectivity index (χ2v) is 2.61. The molecule has 4 nitrogen and oxygen atoms in total. The van der Waals surface area contributed by atoms with Crippen molar-refractivity contribution in [3.05, 3.63) is 23.4 Å². The van der Waals surface area contributed by atoms with E-state index >= 15 is 0 Å². The summed E-state index contributed by atoms with van der Waals surface area (Å²) in [5, 5.41) is 11.5. The number of carboxylic acid groups (broad SMARTS) is 1. The molecule has 0 aromatic carbocycles. The number of hydrogen-bond acceptors (Lipinski definition) is 3. The first-order chi connectivity index (χ1) is 6.19. The van der Waals surface area contributed by atoms with Crippen molar-refractivity contribution >= 4 is 11.8 Å². The maximum absolute atomic E-state index is 10.6. The third-order valence-corrected chi connectivity index (χ3v) is 1.82. The summed E-state index contributed by atoms with van der Waals surface area (Å²) < 4.78 is 0. The molecule has 0 amide bonds. The first kappa shape index (κ1) is 9.51. The van der Waals surface area contributed by atoms with Crippen molar-refractivity contribution in [2.45, 2.75) is 13.3 Å². The van der Waals surface area contributed by atoms with E-state index in [1.807, 2.05) is 6.92 Å². The minimum atomic E-state index is -1.00. The second-order valence-electron chi connectivity index (χ2n) is 2.61. The number of aryl methyl sites for hydroxylation is 1. The Balaban J connectivity index is 3.13. The lowest BCUT2D eigenvalue weighted by molar-refractivity contribution is 0.0690. The standard InChI is InChI=1S/C9H12N2O2/c1-3-6-4-5-7(9(12)13)11-8(6)10-2/h4-5H,3H2,1-2H3,(H,10,11)(H,12,13). The van der Waals surface area contributed by atoms with Crippen molar-refractivity contribution in [1.82, 2.24) is 4.98 Å². The highest BCUT2D eigenvalue weighted by Gasteiger charge is 2.07. The molecule has 0 aliphatic carbocycles. The van der Waals surface area contributed by atoms with E-state index in [9.17, 15) is 4.79 Å². The van der Waals surface area contributed by atoms with Crippen LogP contribution < -0.4 is 5.32 Å². The van der Waals surface area contributed by atoms with E-state index in [4.69, 9.17) is 5.11 Å². The van der Waals surface area contributed by atoms with Crippen molar-refractivity contribution < 1.29 is 9.90 Å². The molecule has 1 aromatic heterocycles. The highest BCUT2D eigenvalue weighted by Crippen LogP contribution is 2.13. The van der Waals surface area contributed by atoms with Gasteiger partial charge >= 0.3 is 5.97 Å². The smallest absolute Gasteiger partial charge is 0.354 e. The van der Waals surface area contributed by atoms with E-state index in [1.165, 1.54) is 6.07 Å². The van der Waals surface area contributed by atoms with Crippen LogP contribution in [0.2, 0.25) is 0 Å². The van der Waals surface area contributed by atoms with Crippen LogP contribution in [0.15, 0.2) is 12.1 Å². The van der Waals surface area contributed by atoms with Gasteiger partial charge < -0.3 is 10.4 Å². The van der Waals surface area contributed by atoms with Gasteiger partial charge in [0.1, 0.15) is 5.82 Å². The fraction of sp³-hybridized carbons (Fsp3) is 0.333. The molecule has 13 heavy (non-hydrogen) atoms. The molecule has 0 spiro atoms. The van der Waals surface area contributed by atoms with Gasteiger partial charge in [0.2, 0.25) is 0 Å². The number of pyridine rings is 1. The van der Waals surface area contributed by atoms with Gasteiger partial charge in [-0.3, -0.25) is 0 Å². The van der Waals surface area contributed by atoms with E-state index in [-0.39, 0.29) is 5.69 Å². The van der Waals surface area contributed by atoms with Gasteiger partial charge in [0.05, 0.1) is 0 Å². The summed E-state index contributed by atoms with van der Waals surface area (Å²) >= 11 is 0. The number of carboxylic acids is 1. The molecule has 2 N–H and O–H groups in total. The molecule has 0 atom stereocenters. The largest absolute Gasteiger partial charge is 0.477 e. The average Bonchev–Trinajstić information content (AvgIpc) is 2.16. The summed E-state index contributed by atoms with van der Waals surface area (Å²) in [5.41, 5.74) is 1.09. The van der Waals surface area contributed by atoms with Crippen LogP contribution in [0.25, 0.3) is 0 Å². The summed E-state index contributed by atoms with van der Waals surface area (Å²) in [6.45, 7) is 2.00. The third-order valence-electron chi connectivity index (χ3n) is 1.82. The lowest BCUT2D eigenvalue weighted by atomic mass is 10.2. The lowest BCUT2D eigenvalue weighted by Crippen LogP contribution is -2.05. The van der Waals surface area contributed by atoms with Gasteiger partial charge in [-0.1, -0.05) is 13.0 Å². The normalized spacial score (nSPS) is 9.69. The number of nitrogens with one attached hydrogen (secondary N) is 1. The maximum atomic E-state index is 10.6. The van der Waals surface area contributed by atoms with Crippen molar-refractivity contribution in [1.29, 1.82) is 0 Å². The zero-order chi connectivity index (χ0) is 9.84. The predicted octanol–water partition coefficient (Wildman–Crippen LogP) is 1.38. The molecule has 0 saturated heterocycles. The Morgan fingerprint density at radius 3 is 2.77 bits per heavy atom.